The maximum absolute atomic E-state index is 13.1. The molecule has 0 amide bonds. The van der Waals surface area contributed by atoms with Crippen molar-refractivity contribution in [2.45, 2.75) is 13.5 Å². The van der Waals surface area contributed by atoms with Gasteiger partial charge in [-0.15, -0.1) is 0 Å². The van der Waals surface area contributed by atoms with Crippen molar-refractivity contribution in [1.29, 1.82) is 0 Å². The molecule has 0 spiro atoms. The van der Waals surface area contributed by atoms with E-state index in [1.165, 1.54) is 18.2 Å². The van der Waals surface area contributed by atoms with Crippen LogP contribution in [0, 0.1) is 18.6 Å². The van der Waals surface area contributed by atoms with Crippen LogP contribution in [0.15, 0.2) is 36.4 Å². The zero-order valence-electron chi connectivity index (χ0n) is 10.8. The van der Waals surface area contributed by atoms with Crippen LogP contribution in [0.4, 0.5) is 14.5 Å². The van der Waals surface area contributed by atoms with Crippen molar-refractivity contribution in [3.8, 4) is 0 Å². The molecule has 104 valence electrons. The van der Waals surface area contributed by atoms with Crippen LogP contribution in [0.25, 0.3) is 0 Å². The van der Waals surface area contributed by atoms with Crippen molar-refractivity contribution in [3.05, 3.63) is 64.7 Å². The highest BCUT2D eigenvalue weighted by molar-refractivity contribution is 5.95. The van der Waals surface area contributed by atoms with Crippen molar-refractivity contribution >= 4 is 11.7 Å². The highest BCUT2D eigenvalue weighted by Gasteiger charge is 2.13. The van der Waals surface area contributed by atoms with Gasteiger partial charge in [-0.2, -0.15) is 0 Å². The fraction of sp³-hybridized carbons (Fsp3) is 0.133. The average Bonchev–Trinajstić information content (AvgIpc) is 2.42. The third kappa shape index (κ3) is 3.12. The van der Waals surface area contributed by atoms with Crippen LogP contribution in [0.1, 0.15) is 21.5 Å². The number of carbonyl (C=O) groups is 1. The maximum atomic E-state index is 13.1. The van der Waals surface area contributed by atoms with Crippen molar-refractivity contribution in [2.75, 3.05) is 5.73 Å². The van der Waals surface area contributed by atoms with Crippen LogP contribution in [0.3, 0.4) is 0 Å². The van der Waals surface area contributed by atoms with Crippen LogP contribution in [-0.2, 0) is 11.3 Å². The van der Waals surface area contributed by atoms with Crippen molar-refractivity contribution < 1.29 is 18.3 Å². The molecule has 0 aromatic heterocycles. The van der Waals surface area contributed by atoms with Gasteiger partial charge in [0.2, 0.25) is 0 Å². The predicted octanol–water partition coefficient (Wildman–Crippen LogP) is 3.21. The SMILES string of the molecule is Cc1ccc(F)cc1COC(=O)c1cc(F)ccc1N. The monoisotopic (exact) mass is 277 g/mol. The number of rotatable bonds is 3. The molecule has 3 nitrogen and oxygen atoms in total. The lowest BCUT2D eigenvalue weighted by Crippen LogP contribution is -2.09. The summed E-state index contributed by atoms with van der Waals surface area (Å²) in [6.07, 6.45) is 0. The van der Waals surface area contributed by atoms with Gasteiger partial charge >= 0.3 is 5.97 Å². The molecule has 0 saturated carbocycles. The molecule has 20 heavy (non-hydrogen) atoms. The normalized spacial score (nSPS) is 10.3. The molecule has 0 aliphatic heterocycles. The number of halogens is 2. The van der Waals surface area contributed by atoms with Gasteiger partial charge < -0.3 is 10.5 Å². The zero-order chi connectivity index (χ0) is 14.7. The zero-order valence-corrected chi connectivity index (χ0v) is 10.8. The number of hydrogen-bond donors (Lipinski definition) is 1. The Kier molecular flexibility index (Phi) is 3.98. The molecule has 0 fully saturated rings. The number of benzene rings is 2. The lowest BCUT2D eigenvalue weighted by Gasteiger charge is -2.09. The smallest absolute Gasteiger partial charge is 0.340 e. The number of nitrogens with two attached hydrogens (primary N) is 1. The Morgan fingerprint density at radius 2 is 1.80 bits per heavy atom. The van der Waals surface area contributed by atoms with Crippen LogP contribution in [0.2, 0.25) is 0 Å². The average molecular weight is 277 g/mol. The third-order valence-corrected chi connectivity index (χ3v) is 2.91. The minimum Gasteiger partial charge on any atom is -0.457 e. The summed E-state index contributed by atoms with van der Waals surface area (Å²) in [7, 11) is 0. The lowest BCUT2D eigenvalue weighted by atomic mass is 10.1. The molecular weight excluding hydrogens is 264 g/mol. The molecule has 5 heteroatoms. The molecule has 0 heterocycles. The number of carbonyl (C=O) groups excluding carboxylic acids is 1. The number of ether oxygens (including phenoxy) is 1. The van der Waals surface area contributed by atoms with Gasteiger partial charge in [-0.3, -0.25) is 0 Å². The second-order valence-electron chi connectivity index (χ2n) is 4.38. The summed E-state index contributed by atoms with van der Waals surface area (Å²) in [5.41, 5.74) is 7.02. The molecular formula is C15H13F2NO2. The van der Waals surface area contributed by atoms with Crippen LogP contribution in [0.5, 0.6) is 0 Å². The van der Waals surface area contributed by atoms with E-state index in [9.17, 15) is 13.6 Å². The van der Waals surface area contributed by atoms with Crippen LogP contribution < -0.4 is 5.73 Å². The fourth-order valence-electron chi connectivity index (χ4n) is 1.72. The van der Waals surface area contributed by atoms with Crippen molar-refractivity contribution in [2.24, 2.45) is 0 Å². The number of aryl methyl sites for hydroxylation is 1. The molecule has 2 rings (SSSR count). The quantitative estimate of drug-likeness (QED) is 0.692. The lowest BCUT2D eigenvalue weighted by molar-refractivity contribution is 0.0472. The Morgan fingerprint density at radius 3 is 2.55 bits per heavy atom. The molecule has 2 N–H and O–H groups in total. The highest BCUT2D eigenvalue weighted by Crippen LogP contribution is 2.17. The van der Waals surface area contributed by atoms with Crippen LogP contribution >= 0.6 is 0 Å². The molecule has 0 aliphatic rings. The van der Waals surface area contributed by atoms with E-state index in [0.29, 0.717) is 5.56 Å². The molecule has 2 aromatic carbocycles. The number of nitrogen functional groups attached to an aromatic ring is 1. The molecule has 0 saturated heterocycles. The van der Waals surface area contributed by atoms with E-state index < -0.39 is 17.6 Å². The first-order valence-electron chi connectivity index (χ1n) is 5.94. The summed E-state index contributed by atoms with van der Waals surface area (Å²) in [5, 5.41) is 0. The summed E-state index contributed by atoms with van der Waals surface area (Å²) >= 11 is 0. The second-order valence-corrected chi connectivity index (χ2v) is 4.38. The standard InChI is InChI=1S/C15H13F2NO2/c1-9-2-3-11(16)6-10(9)8-20-15(19)13-7-12(17)4-5-14(13)18/h2-7H,8,18H2,1H3. The Morgan fingerprint density at radius 1 is 1.15 bits per heavy atom. The van der Waals surface area contributed by atoms with Crippen molar-refractivity contribution in [1.82, 2.24) is 0 Å². The molecule has 0 atom stereocenters. The second kappa shape index (κ2) is 5.69. The summed E-state index contributed by atoms with van der Waals surface area (Å²) in [6.45, 7) is 1.68. The predicted molar refractivity (Wildman–Crippen MR) is 71.1 cm³/mol. The first kappa shape index (κ1) is 14.0. The van der Waals surface area contributed by atoms with Gasteiger partial charge in [0.15, 0.2) is 0 Å². The minimum atomic E-state index is -0.745. The number of hydrogen-bond acceptors (Lipinski definition) is 3. The third-order valence-electron chi connectivity index (χ3n) is 2.91. The molecule has 0 unspecified atom stereocenters. The van der Waals surface area contributed by atoms with E-state index >= 15 is 0 Å². The van der Waals surface area contributed by atoms with Gasteiger partial charge in [0.05, 0.1) is 5.56 Å². The van der Waals surface area contributed by atoms with Crippen LogP contribution in [-0.4, -0.2) is 5.97 Å². The number of anilines is 1. The molecule has 0 bridgehead atoms. The van der Waals surface area contributed by atoms with Gasteiger partial charge in [0.25, 0.3) is 0 Å². The molecule has 0 aliphatic carbocycles. The molecule has 0 radical (unpaired) electrons. The van der Waals surface area contributed by atoms with Gasteiger partial charge in [-0.1, -0.05) is 6.07 Å². The van der Waals surface area contributed by atoms with E-state index in [2.05, 4.69) is 0 Å². The largest absolute Gasteiger partial charge is 0.457 e. The fourth-order valence-corrected chi connectivity index (χ4v) is 1.72. The van der Waals surface area contributed by atoms with E-state index in [1.54, 1.807) is 13.0 Å². The van der Waals surface area contributed by atoms with Gasteiger partial charge in [0.1, 0.15) is 18.2 Å². The van der Waals surface area contributed by atoms with Crippen molar-refractivity contribution in [3.63, 3.8) is 0 Å². The highest BCUT2D eigenvalue weighted by atomic mass is 19.1. The van der Waals surface area contributed by atoms with Gasteiger partial charge in [0, 0.05) is 5.69 Å². The Hall–Kier alpha value is -2.43. The van der Waals surface area contributed by atoms with E-state index in [-0.39, 0.29) is 17.9 Å². The number of esters is 1. The summed E-state index contributed by atoms with van der Waals surface area (Å²) in [4.78, 5) is 11.8. The van der Waals surface area contributed by atoms with E-state index in [0.717, 1.165) is 17.7 Å². The topological polar surface area (TPSA) is 52.3 Å². The first-order valence-corrected chi connectivity index (χ1v) is 5.94. The first-order chi connectivity index (χ1) is 9.47. The summed E-state index contributed by atoms with van der Waals surface area (Å²) < 4.78 is 31.2. The maximum Gasteiger partial charge on any atom is 0.340 e. The Bertz CT molecular complexity index is 656. The van der Waals surface area contributed by atoms with E-state index in [1.807, 2.05) is 0 Å². The summed E-state index contributed by atoms with van der Waals surface area (Å²) in [5.74, 6) is -1.73. The summed E-state index contributed by atoms with van der Waals surface area (Å²) in [6, 6.07) is 7.66. The van der Waals surface area contributed by atoms with E-state index in [4.69, 9.17) is 10.5 Å². The Balaban J connectivity index is 2.12. The minimum absolute atomic E-state index is 0.0425. The molecule has 2 aromatic rings. The van der Waals surface area contributed by atoms with Gasteiger partial charge in [-0.25, -0.2) is 13.6 Å². The van der Waals surface area contributed by atoms with Gasteiger partial charge in [-0.05, 0) is 48.4 Å². The Labute approximate surface area is 115 Å².